The first kappa shape index (κ1) is 12.2. The molecule has 6 heteroatoms. The first-order valence-corrected chi connectivity index (χ1v) is 6.88. The van der Waals surface area contributed by atoms with Crippen molar-refractivity contribution in [1.82, 2.24) is 4.72 Å². The number of hydrogen-bond donors (Lipinski definition) is 2. The van der Waals surface area contributed by atoms with Gasteiger partial charge in [-0.25, -0.2) is 13.1 Å². The number of sulfonamides is 1. The third-order valence-corrected chi connectivity index (χ3v) is 4.42. The molecule has 1 aromatic rings. The van der Waals surface area contributed by atoms with Crippen LogP contribution in [0.2, 0.25) is 0 Å². The molecule has 0 bridgehead atoms. The molecule has 3 N–H and O–H groups in total. The Morgan fingerprint density at radius 2 is 2.12 bits per heavy atom. The van der Waals surface area contributed by atoms with Gasteiger partial charge in [-0.05, 0) is 24.5 Å². The summed E-state index contributed by atoms with van der Waals surface area (Å²) in [6.45, 7) is 2.01. The highest BCUT2D eigenvalue weighted by atomic mass is 32.2. The molecule has 2 rings (SSSR count). The van der Waals surface area contributed by atoms with Crippen molar-refractivity contribution in [2.45, 2.75) is 24.3 Å². The second kappa shape index (κ2) is 4.19. The van der Waals surface area contributed by atoms with Gasteiger partial charge in [-0.15, -0.1) is 0 Å². The SMILES string of the molecule is COc1cc(S(=O)(=O)NC2CC2C)ccc1N. The van der Waals surface area contributed by atoms with E-state index in [0.29, 0.717) is 17.4 Å². The highest BCUT2D eigenvalue weighted by Gasteiger charge is 2.36. The van der Waals surface area contributed by atoms with Crippen molar-refractivity contribution in [2.75, 3.05) is 12.8 Å². The average Bonchev–Trinajstić information content (AvgIpc) is 2.93. The molecular weight excluding hydrogens is 240 g/mol. The number of nitrogens with one attached hydrogen (secondary N) is 1. The summed E-state index contributed by atoms with van der Waals surface area (Å²) in [5.74, 6) is 0.789. The maximum absolute atomic E-state index is 12.0. The second-order valence-electron chi connectivity index (χ2n) is 4.34. The van der Waals surface area contributed by atoms with E-state index >= 15 is 0 Å². The Bertz CT molecular complexity index is 528. The molecule has 2 atom stereocenters. The van der Waals surface area contributed by atoms with Gasteiger partial charge in [0.1, 0.15) is 5.75 Å². The quantitative estimate of drug-likeness (QED) is 0.786. The van der Waals surface area contributed by atoms with Crippen molar-refractivity contribution in [3.63, 3.8) is 0 Å². The predicted octanol–water partition coefficient (Wildman–Crippen LogP) is 0.964. The Kier molecular flexibility index (Phi) is 3.01. The molecule has 94 valence electrons. The van der Waals surface area contributed by atoms with Crippen LogP contribution in [0.1, 0.15) is 13.3 Å². The number of methoxy groups -OCH3 is 1. The van der Waals surface area contributed by atoms with Gasteiger partial charge in [-0.1, -0.05) is 6.92 Å². The summed E-state index contributed by atoms with van der Waals surface area (Å²) in [4.78, 5) is 0.183. The zero-order valence-corrected chi connectivity index (χ0v) is 10.6. The molecule has 0 heterocycles. The summed E-state index contributed by atoms with van der Waals surface area (Å²) in [5, 5.41) is 0. The van der Waals surface area contributed by atoms with Gasteiger partial charge in [0, 0.05) is 12.1 Å². The Morgan fingerprint density at radius 3 is 2.65 bits per heavy atom. The second-order valence-corrected chi connectivity index (χ2v) is 6.06. The fraction of sp³-hybridized carbons (Fsp3) is 0.455. The molecule has 5 nitrogen and oxygen atoms in total. The third-order valence-electron chi connectivity index (χ3n) is 2.93. The summed E-state index contributed by atoms with van der Waals surface area (Å²) in [5.41, 5.74) is 6.06. The Morgan fingerprint density at radius 1 is 1.47 bits per heavy atom. The standard InChI is InChI=1S/C11H16N2O3S/c1-7-5-10(7)13-17(14,15)8-3-4-9(12)11(6-8)16-2/h3-4,6-7,10,13H,5,12H2,1-2H3. The summed E-state index contributed by atoms with van der Waals surface area (Å²) >= 11 is 0. The highest BCUT2D eigenvalue weighted by molar-refractivity contribution is 7.89. The molecule has 17 heavy (non-hydrogen) atoms. The maximum Gasteiger partial charge on any atom is 0.240 e. The van der Waals surface area contributed by atoms with Gasteiger partial charge >= 0.3 is 0 Å². The Labute approximate surface area is 101 Å². The first-order valence-electron chi connectivity index (χ1n) is 5.40. The molecule has 1 aliphatic rings. The van der Waals surface area contributed by atoms with Crippen LogP contribution in [0.5, 0.6) is 5.75 Å². The normalized spacial score (nSPS) is 23.4. The molecule has 1 fully saturated rings. The summed E-state index contributed by atoms with van der Waals surface area (Å²) in [7, 11) is -2.01. The van der Waals surface area contributed by atoms with Crippen LogP contribution in [0.3, 0.4) is 0 Å². The van der Waals surface area contributed by atoms with Crippen molar-refractivity contribution < 1.29 is 13.2 Å². The summed E-state index contributed by atoms with van der Waals surface area (Å²) in [6, 6.07) is 4.50. The molecule has 1 aliphatic carbocycles. The van der Waals surface area contributed by atoms with Gasteiger partial charge in [0.25, 0.3) is 0 Å². The number of hydrogen-bond acceptors (Lipinski definition) is 4. The van der Waals surface area contributed by atoms with E-state index in [-0.39, 0.29) is 10.9 Å². The van der Waals surface area contributed by atoms with E-state index in [2.05, 4.69) is 4.72 Å². The van der Waals surface area contributed by atoms with E-state index in [1.54, 1.807) is 0 Å². The zero-order chi connectivity index (χ0) is 12.6. The van der Waals surface area contributed by atoms with Crippen LogP contribution in [0.4, 0.5) is 5.69 Å². The predicted molar refractivity (Wildman–Crippen MR) is 65.3 cm³/mol. The van der Waals surface area contributed by atoms with Crippen LogP contribution in [0.25, 0.3) is 0 Å². The van der Waals surface area contributed by atoms with Gasteiger partial charge in [-0.2, -0.15) is 0 Å². The minimum atomic E-state index is -3.46. The lowest BCUT2D eigenvalue weighted by atomic mass is 10.3. The van der Waals surface area contributed by atoms with Crippen molar-refractivity contribution in [3.8, 4) is 5.75 Å². The molecule has 0 radical (unpaired) electrons. The zero-order valence-electron chi connectivity index (χ0n) is 9.80. The maximum atomic E-state index is 12.0. The topological polar surface area (TPSA) is 81.4 Å². The van der Waals surface area contributed by atoms with E-state index in [1.165, 1.54) is 25.3 Å². The number of nitrogen functional groups attached to an aromatic ring is 1. The van der Waals surface area contributed by atoms with E-state index in [9.17, 15) is 8.42 Å². The highest BCUT2D eigenvalue weighted by Crippen LogP contribution is 2.31. The Hall–Kier alpha value is -1.27. The van der Waals surface area contributed by atoms with Crippen molar-refractivity contribution in [2.24, 2.45) is 5.92 Å². The van der Waals surface area contributed by atoms with Crippen LogP contribution in [-0.2, 0) is 10.0 Å². The molecular formula is C11H16N2O3S. The van der Waals surface area contributed by atoms with Gasteiger partial charge in [0.15, 0.2) is 0 Å². The molecule has 1 aromatic carbocycles. The molecule has 0 saturated heterocycles. The van der Waals surface area contributed by atoms with Crippen molar-refractivity contribution in [1.29, 1.82) is 0 Å². The number of nitrogens with two attached hydrogens (primary N) is 1. The first-order chi connectivity index (χ1) is 7.94. The van der Waals surface area contributed by atoms with Crippen molar-refractivity contribution in [3.05, 3.63) is 18.2 Å². The fourth-order valence-electron chi connectivity index (χ4n) is 1.61. The molecule has 0 aromatic heterocycles. The molecule has 0 aliphatic heterocycles. The lowest BCUT2D eigenvalue weighted by molar-refractivity contribution is 0.415. The van der Waals surface area contributed by atoms with E-state index in [1.807, 2.05) is 6.92 Å². The number of ether oxygens (including phenoxy) is 1. The van der Waals surface area contributed by atoms with Gasteiger partial charge in [-0.3, -0.25) is 0 Å². The number of anilines is 1. The molecule has 0 spiro atoms. The summed E-state index contributed by atoms with van der Waals surface area (Å²) < 4.78 is 31.6. The minimum Gasteiger partial charge on any atom is -0.495 e. The number of rotatable bonds is 4. The van der Waals surface area contributed by atoms with Gasteiger partial charge < -0.3 is 10.5 Å². The minimum absolute atomic E-state index is 0.0588. The van der Waals surface area contributed by atoms with Gasteiger partial charge in [0.2, 0.25) is 10.0 Å². The number of benzene rings is 1. The average molecular weight is 256 g/mol. The molecule has 2 unspecified atom stereocenters. The van der Waals surface area contributed by atoms with Crippen LogP contribution in [-0.4, -0.2) is 21.6 Å². The fourth-order valence-corrected chi connectivity index (χ4v) is 2.98. The van der Waals surface area contributed by atoms with E-state index < -0.39 is 10.0 Å². The van der Waals surface area contributed by atoms with Gasteiger partial charge in [0.05, 0.1) is 17.7 Å². The van der Waals surface area contributed by atoms with Crippen LogP contribution in [0, 0.1) is 5.92 Å². The monoisotopic (exact) mass is 256 g/mol. The smallest absolute Gasteiger partial charge is 0.240 e. The van der Waals surface area contributed by atoms with Crippen LogP contribution in [0.15, 0.2) is 23.1 Å². The van der Waals surface area contributed by atoms with Crippen LogP contribution >= 0.6 is 0 Å². The Balaban J connectivity index is 2.26. The van der Waals surface area contributed by atoms with E-state index in [0.717, 1.165) is 6.42 Å². The lowest BCUT2D eigenvalue weighted by Gasteiger charge is -2.09. The lowest BCUT2D eigenvalue weighted by Crippen LogP contribution is -2.26. The summed E-state index contributed by atoms with van der Waals surface area (Å²) in [6.07, 6.45) is 0.894. The van der Waals surface area contributed by atoms with E-state index in [4.69, 9.17) is 10.5 Å². The molecule has 1 saturated carbocycles. The third kappa shape index (κ3) is 2.53. The van der Waals surface area contributed by atoms with Crippen LogP contribution < -0.4 is 15.2 Å². The van der Waals surface area contributed by atoms with Crippen molar-refractivity contribution >= 4 is 15.7 Å². The molecule has 0 amide bonds. The largest absolute Gasteiger partial charge is 0.495 e.